The first kappa shape index (κ1) is 12.1. The van der Waals surface area contributed by atoms with Crippen molar-refractivity contribution in [3.63, 3.8) is 0 Å². The molecule has 0 aliphatic carbocycles. The summed E-state index contributed by atoms with van der Waals surface area (Å²) < 4.78 is 28.3. The van der Waals surface area contributed by atoms with E-state index in [1.807, 2.05) is 13.8 Å². The Morgan fingerprint density at radius 3 is 2.27 bits per heavy atom. The fourth-order valence-corrected chi connectivity index (χ4v) is 1.77. The Labute approximate surface area is 87.7 Å². The molecule has 0 fully saturated rings. The molecule has 1 heterocycles. The van der Waals surface area contributed by atoms with Gasteiger partial charge in [0.05, 0.1) is 11.3 Å². The monoisotopic (exact) mass is 218 g/mol. The van der Waals surface area contributed by atoms with Crippen LogP contribution in [-0.2, 0) is 5.92 Å². The molecule has 1 aromatic heterocycles. The van der Waals surface area contributed by atoms with Gasteiger partial charge >= 0.3 is 0 Å². The number of rotatable bonds is 3. The molecular weight excluding hydrogens is 202 g/mol. The Balaban J connectivity index is 3.31. The zero-order chi connectivity index (χ0) is 11.8. The van der Waals surface area contributed by atoms with Crippen molar-refractivity contribution in [3.05, 3.63) is 17.0 Å². The number of nitrogens with zero attached hydrogens (tertiary/aromatic N) is 2. The van der Waals surface area contributed by atoms with E-state index in [1.165, 1.54) is 6.92 Å². The molecule has 0 aliphatic heterocycles. The van der Waals surface area contributed by atoms with Gasteiger partial charge in [0, 0.05) is 11.7 Å². The van der Waals surface area contributed by atoms with E-state index in [2.05, 4.69) is 5.10 Å². The van der Waals surface area contributed by atoms with Crippen LogP contribution >= 0.6 is 0 Å². The number of aromatic nitrogens is 2. The van der Waals surface area contributed by atoms with Gasteiger partial charge in [-0.3, -0.25) is 4.68 Å². The van der Waals surface area contributed by atoms with Crippen LogP contribution in [0, 0.1) is 13.8 Å². The number of aliphatic hydroxyl groups is 1. The summed E-state index contributed by atoms with van der Waals surface area (Å²) in [5.74, 6) is -3.21. The van der Waals surface area contributed by atoms with E-state index < -0.39 is 12.5 Å². The lowest BCUT2D eigenvalue weighted by molar-refractivity contribution is -0.0566. The molecule has 0 aromatic carbocycles. The van der Waals surface area contributed by atoms with Gasteiger partial charge in [0.1, 0.15) is 6.61 Å². The number of aryl methyl sites for hydroxylation is 1. The average molecular weight is 218 g/mol. The van der Waals surface area contributed by atoms with Crippen LogP contribution in [0.4, 0.5) is 8.78 Å². The van der Waals surface area contributed by atoms with Crippen LogP contribution in [0.25, 0.3) is 0 Å². The molecule has 1 N–H and O–H groups in total. The van der Waals surface area contributed by atoms with Crippen molar-refractivity contribution in [2.45, 2.75) is 39.7 Å². The van der Waals surface area contributed by atoms with Crippen molar-refractivity contribution < 1.29 is 13.9 Å². The third kappa shape index (κ3) is 2.02. The van der Waals surface area contributed by atoms with E-state index in [0.717, 1.165) is 0 Å². The molecule has 86 valence electrons. The van der Waals surface area contributed by atoms with E-state index in [4.69, 9.17) is 5.11 Å². The van der Waals surface area contributed by atoms with Crippen LogP contribution in [0.1, 0.15) is 36.8 Å². The predicted octanol–water partition coefficient (Wildman–Crippen LogP) is 2.16. The van der Waals surface area contributed by atoms with E-state index in [1.54, 1.807) is 11.6 Å². The molecule has 5 heteroatoms. The zero-order valence-electron chi connectivity index (χ0n) is 9.38. The van der Waals surface area contributed by atoms with Crippen molar-refractivity contribution >= 4 is 0 Å². The molecular formula is C10H16F2N2O. The number of aliphatic hydroxyl groups excluding tert-OH is 1. The van der Waals surface area contributed by atoms with Crippen LogP contribution in [0.15, 0.2) is 0 Å². The van der Waals surface area contributed by atoms with E-state index >= 15 is 0 Å². The molecule has 1 rings (SSSR count). The maximum absolute atomic E-state index is 13.4. The van der Waals surface area contributed by atoms with Gasteiger partial charge in [-0.25, -0.2) is 0 Å². The zero-order valence-corrected chi connectivity index (χ0v) is 9.38. The Morgan fingerprint density at radius 2 is 1.93 bits per heavy atom. The lowest BCUT2D eigenvalue weighted by Crippen LogP contribution is -2.20. The molecule has 0 amide bonds. The largest absolute Gasteiger partial charge is 0.390 e. The Bertz CT molecular complexity index is 359. The summed E-state index contributed by atoms with van der Waals surface area (Å²) in [7, 11) is 0. The minimum Gasteiger partial charge on any atom is -0.390 e. The lowest BCUT2D eigenvalue weighted by Gasteiger charge is -2.14. The Morgan fingerprint density at radius 1 is 1.40 bits per heavy atom. The van der Waals surface area contributed by atoms with Crippen molar-refractivity contribution in [2.75, 3.05) is 6.61 Å². The highest BCUT2D eigenvalue weighted by Crippen LogP contribution is 2.33. The van der Waals surface area contributed by atoms with E-state index in [-0.39, 0.29) is 17.3 Å². The van der Waals surface area contributed by atoms with Gasteiger partial charge < -0.3 is 5.11 Å². The summed E-state index contributed by atoms with van der Waals surface area (Å²) in [5.41, 5.74) is 0.542. The second-order valence-corrected chi connectivity index (χ2v) is 3.95. The summed E-state index contributed by atoms with van der Waals surface area (Å²) in [4.78, 5) is 0. The smallest absolute Gasteiger partial charge is 0.299 e. The molecule has 0 unspecified atom stereocenters. The third-order valence-corrected chi connectivity index (χ3v) is 2.38. The van der Waals surface area contributed by atoms with E-state index in [0.29, 0.717) is 5.69 Å². The Kier molecular flexibility index (Phi) is 3.13. The predicted molar refractivity (Wildman–Crippen MR) is 53.1 cm³/mol. The summed E-state index contributed by atoms with van der Waals surface area (Å²) in [6, 6.07) is 0.0342. The SMILES string of the molecule is Cc1nn(C(C)C)c(C)c1C(F)(F)CO. The van der Waals surface area contributed by atoms with Crippen molar-refractivity contribution in [2.24, 2.45) is 0 Å². The van der Waals surface area contributed by atoms with Crippen LogP contribution in [0.2, 0.25) is 0 Å². The fourth-order valence-electron chi connectivity index (χ4n) is 1.77. The summed E-state index contributed by atoms with van der Waals surface area (Å²) in [6.45, 7) is 5.70. The maximum Gasteiger partial charge on any atom is 0.299 e. The molecule has 0 saturated carbocycles. The molecule has 0 atom stereocenters. The summed E-state index contributed by atoms with van der Waals surface area (Å²) in [6.07, 6.45) is 0. The molecule has 0 saturated heterocycles. The van der Waals surface area contributed by atoms with Gasteiger partial charge in [0.15, 0.2) is 0 Å². The first-order valence-electron chi connectivity index (χ1n) is 4.86. The van der Waals surface area contributed by atoms with Crippen molar-refractivity contribution in [1.82, 2.24) is 9.78 Å². The minimum atomic E-state index is -3.21. The molecule has 15 heavy (non-hydrogen) atoms. The number of halogens is 2. The minimum absolute atomic E-state index is 0.0342. The summed E-state index contributed by atoms with van der Waals surface area (Å²) >= 11 is 0. The third-order valence-electron chi connectivity index (χ3n) is 2.38. The summed E-state index contributed by atoms with van der Waals surface area (Å²) in [5, 5.41) is 12.7. The topological polar surface area (TPSA) is 38.0 Å². The standard InChI is InChI=1S/C10H16F2N2O/c1-6(2)14-8(4)9(7(3)13-14)10(11,12)5-15/h6,15H,5H2,1-4H3. The quantitative estimate of drug-likeness (QED) is 0.844. The second-order valence-electron chi connectivity index (χ2n) is 3.95. The highest BCUT2D eigenvalue weighted by Gasteiger charge is 2.36. The van der Waals surface area contributed by atoms with Crippen LogP contribution in [-0.4, -0.2) is 21.5 Å². The first-order valence-corrected chi connectivity index (χ1v) is 4.86. The molecule has 0 spiro atoms. The fraction of sp³-hybridized carbons (Fsp3) is 0.700. The van der Waals surface area contributed by atoms with Gasteiger partial charge in [0.2, 0.25) is 0 Å². The second kappa shape index (κ2) is 3.89. The first-order chi connectivity index (χ1) is 6.81. The van der Waals surface area contributed by atoms with Gasteiger partial charge in [-0.15, -0.1) is 0 Å². The molecule has 0 aliphatic rings. The molecule has 1 aromatic rings. The van der Waals surface area contributed by atoms with Crippen LogP contribution < -0.4 is 0 Å². The normalized spacial score (nSPS) is 12.5. The molecule has 0 radical (unpaired) electrons. The number of alkyl halides is 2. The Hall–Kier alpha value is -0.970. The van der Waals surface area contributed by atoms with Gasteiger partial charge in [-0.1, -0.05) is 0 Å². The van der Waals surface area contributed by atoms with Gasteiger partial charge in [-0.2, -0.15) is 13.9 Å². The number of hydrogen-bond acceptors (Lipinski definition) is 2. The highest BCUT2D eigenvalue weighted by molar-refractivity contribution is 5.29. The molecule has 3 nitrogen and oxygen atoms in total. The maximum atomic E-state index is 13.4. The number of hydrogen-bond donors (Lipinski definition) is 1. The van der Waals surface area contributed by atoms with Crippen molar-refractivity contribution in [3.8, 4) is 0 Å². The molecule has 0 bridgehead atoms. The van der Waals surface area contributed by atoms with Gasteiger partial charge in [-0.05, 0) is 27.7 Å². The highest BCUT2D eigenvalue weighted by atomic mass is 19.3. The van der Waals surface area contributed by atoms with Crippen LogP contribution in [0.3, 0.4) is 0 Å². The van der Waals surface area contributed by atoms with E-state index in [9.17, 15) is 8.78 Å². The lowest BCUT2D eigenvalue weighted by atomic mass is 10.1. The van der Waals surface area contributed by atoms with Gasteiger partial charge in [0.25, 0.3) is 5.92 Å². The average Bonchev–Trinajstić information content (AvgIpc) is 2.42. The van der Waals surface area contributed by atoms with Crippen molar-refractivity contribution in [1.29, 1.82) is 0 Å². The van der Waals surface area contributed by atoms with Crippen LogP contribution in [0.5, 0.6) is 0 Å².